The smallest absolute Gasteiger partial charge is 0.327 e. The van der Waals surface area contributed by atoms with Gasteiger partial charge in [-0.15, -0.1) is 0 Å². The second-order valence-corrected chi connectivity index (χ2v) is 4.16. The topological polar surface area (TPSA) is 114 Å². The molecule has 0 saturated carbocycles. The lowest BCUT2D eigenvalue weighted by Crippen LogP contribution is -2.12. The number of amides is 1. The maximum Gasteiger partial charge on any atom is 0.327 e. The molecule has 0 aliphatic heterocycles. The van der Waals surface area contributed by atoms with Crippen molar-refractivity contribution < 1.29 is 24.5 Å². The second kappa shape index (κ2) is 5.95. The van der Waals surface area contributed by atoms with Crippen LogP contribution in [-0.4, -0.2) is 39.0 Å². The predicted molar refractivity (Wildman–Crippen MR) is 72.0 cm³/mol. The average Bonchev–Trinajstić information content (AvgIpc) is 2.88. The minimum atomic E-state index is -0.483. The summed E-state index contributed by atoms with van der Waals surface area (Å²) in [5, 5.41) is 25.0. The van der Waals surface area contributed by atoms with Crippen molar-refractivity contribution in [1.82, 2.24) is 9.78 Å². The Morgan fingerprint density at radius 1 is 1.33 bits per heavy atom. The van der Waals surface area contributed by atoms with E-state index >= 15 is 0 Å². The number of anilines is 1. The summed E-state index contributed by atoms with van der Waals surface area (Å²) in [6.07, 6.45) is 2.84. The van der Waals surface area contributed by atoms with Crippen LogP contribution in [0.3, 0.4) is 0 Å². The van der Waals surface area contributed by atoms with Gasteiger partial charge in [0.25, 0.3) is 5.91 Å². The van der Waals surface area contributed by atoms with Crippen LogP contribution in [0.15, 0.2) is 30.6 Å². The molecule has 8 heteroatoms. The van der Waals surface area contributed by atoms with Crippen LogP contribution < -0.4 is 5.32 Å². The largest absolute Gasteiger partial charge is 0.504 e. The average molecular weight is 291 g/mol. The van der Waals surface area contributed by atoms with Crippen LogP contribution in [0, 0.1) is 0 Å². The van der Waals surface area contributed by atoms with Crippen molar-refractivity contribution in [3.8, 4) is 11.5 Å². The van der Waals surface area contributed by atoms with Crippen LogP contribution >= 0.6 is 0 Å². The zero-order chi connectivity index (χ0) is 15.4. The molecule has 21 heavy (non-hydrogen) atoms. The molecule has 1 aromatic heterocycles. The predicted octanol–water partition coefficient (Wildman–Crippen LogP) is 0.720. The van der Waals surface area contributed by atoms with E-state index in [2.05, 4.69) is 15.2 Å². The van der Waals surface area contributed by atoms with Gasteiger partial charge in [0, 0.05) is 11.8 Å². The number of hydrogen-bond donors (Lipinski definition) is 3. The molecule has 0 atom stereocenters. The van der Waals surface area contributed by atoms with Crippen molar-refractivity contribution in [3.05, 3.63) is 36.2 Å². The fourth-order valence-corrected chi connectivity index (χ4v) is 1.58. The van der Waals surface area contributed by atoms with Crippen LogP contribution in [0.4, 0.5) is 5.69 Å². The number of carbonyl (C=O) groups excluding carboxylic acids is 2. The van der Waals surface area contributed by atoms with Crippen molar-refractivity contribution in [2.45, 2.75) is 6.54 Å². The Balaban J connectivity index is 2.05. The summed E-state index contributed by atoms with van der Waals surface area (Å²) in [7, 11) is 1.27. The number of carbonyl (C=O) groups is 2. The molecule has 0 bridgehead atoms. The van der Waals surface area contributed by atoms with Crippen molar-refractivity contribution in [2.24, 2.45) is 0 Å². The number of nitrogens with one attached hydrogen (secondary N) is 1. The van der Waals surface area contributed by atoms with E-state index in [1.807, 2.05) is 0 Å². The highest BCUT2D eigenvalue weighted by Gasteiger charge is 2.11. The van der Waals surface area contributed by atoms with Gasteiger partial charge in [0.15, 0.2) is 11.5 Å². The summed E-state index contributed by atoms with van der Waals surface area (Å²) < 4.78 is 5.81. The molecule has 3 N–H and O–H groups in total. The van der Waals surface area contributed by atoms with E-state index in [9.17, 15) is 19.8 Å². The normalized spacial score (nSPS) is 10.1. The first-order valence-electron chi connectivity index (χ1n) is 5.92. The van der Waals surface area contributed by atoms with Gasteiger partial charge < -0.3 is 20.3 Å². The number of ether oxygens (including phenoxy) is 1. The van der Waals surface area contributed by atoms with Crippen molar-refractivity contribution in [3.63, 3.8) is 0 Å². The summed E-state index contributed by atoms with van der Waals surface area (Å²) in [5.74, 6) is -1.64. The molecule has 0 fully saturated rings. The minimum Gasteiger partial charge on any atom is -0.504 e. The molecule has 110 valence electrons. The van der Waals surface area contributed by atoms with Gasteiger partial charge in [-0.1, -0.05) is 0 Å². The number of phenols is 2. The number of rotatable bonds is 4. The first kappa shape index (κ1) is 14.4. The molecule has 1 heterocycles. The highest BCUT2D eigenvalue weighted by molar-refractivity contribution is 6.04. The van der Waals surface area contributed by atoms with Crippen LogP contribution in [0.1, 0.15) is 10.4 Å². The van der Waals surface area contributed by atoms with E-state index in [1.54, 1.807) is 0 Å². The summed E-state index contributed by atoms with van der Waals surface area (Å²) >= 11 is 0. The Hall–Kier alpha value is -3.03. The van der Waals surface area contributed by atoms with E-state index in [1.165, 1.54) is 36.3 Å². The van der Waals surface area contributed by atoms with Gasteiger partial charge in [0.2, 0.25) is 0 Å². The molecule has 8 nitrogen and oxygen atoms in total. The molecule has 0 aliphatic rings. The summed E-state index contributed by atoms with van der Waals surface area (Å²) in [6, 6.07) is 3.72. The standard InChI is InChI=1S/C13H13N3O5/c1-21-12(19)7-16-6-9(5-14-16)15-13(20)8-2-3-10(17)11(18)4-8/h2-6,17-18H,7H2,1H3,(H,15,20). The summed E-state index contributed by atoms with van der Waals surface area (Å²) in [5.41, 5.74) is 0.558. The SMILES string of the molecule is COC(=O)Cn1cc(NC(=O)c2ccc(O)c(O)c2)cn1. The first-order chi connectivity index (χ1) is 9.99. The quantitative estimate of drug-likeness (QED) is 0.565. The summed E-state index contributed by atoms with van der Waals surface area (Å²) in [4.78, 5) is 23.0. The van der Waals surface area contributed by atoms with E-state index in [0.29, 0.717) is 5.69 Å². The van der Waals surface area contributed by atoms with Gasteiger partial charge in [0.05, 0.1) is 19.0 Å². The lowest BCUT2D eigenvalue weighted by molar-refractivity contribution is -0.141. The van der Waals surface area contributed by atoms with Crippen molar-refractivity contribution >= 4 is 17.6 Å². The van der Waals surface area contributed by atoms with Crippen molar-refractivity contribution in [2.75, 3.05) is 12.4 Å². The number of aromatic hydroxyl groups is 2. The van der Waals surface area contributed by atoms with Crippen LogP contribution in [0.2, 0.25) is 0 Å². The van der Waals surface area contributed by atoms with E-state index in [4.69, 9.17) is 0 Å². The number of hydrogen-bond acceptors (Lipinski definition) is 6. The van der Waals surface area contributed by atoms with Gasteiger partial charge in [-0.05, 0) is 18.2 Å². The molecular formula is C13H13N3O5. The van der Waals surface area contributed by atoms with Crippen LogP contribution in [0.25, 0.3) is 0 Å². The maximum atomic E-state index is 11.9. The zero-order valence-corrected chi connectivity index (χ0v) is 11.1. The molecule has 0 unspecified atom stereocenters. The number of phenolic OH excluding ortho intramolecular Hbond substituents is 2. The number of aromatic nitrogens is 2. The maximum absolute atomic E-state index is 11.9. The van der Waals surface area contributed by atoms with Gasteiger partial charge in [-0.25, -0.2) is 0 Å². The molecule has 0 radical (unpaired) electrons. The third kappa shape index (κ3) is 3.50. The molecule has 2 aromatic rings. The van der Waals surface area contributed by atoms with Gasteiger partial charge in [-0.3, -0.25) is 14.3 Å². The zero-order valence-electron chi connectivity index (χ0n) is 11.1. The lowest BCUT2D eigenvalue weighted by Gasteiger charge is -2.04. The molecule has 1 aromatic carbocycles. The van der Waals surface area contributed by atoms with Gasteiger partial charge >= 0.3 is 5.97 Å². The van der Waals surface area contributed by atoms with E-state index in [0.717, 1.165) is 6.07 Å². The van der Waals surface area contributed by atoms with E-state index in [-0.39, 0.29) is 23.6 Å². The number of methoxy groups -OCH3 is 1. The Morgan fingerprint density at radius 3 is 2.76 bits per heavy atom. The minimum absolute atomic E-state index is 0.0631. The van der Waals surface area contributed by atoms with Crippen LogP contribution in [-0.2, 0) is 16.1 Å². The lowest BCUT2D eigenvalue weighted by atomic mass is 10.2. The fraction of sp³-hybridized carbons (Fsp3) is 0.154. The monoisotopic (exact) mass is 291 g/mol. The third-order valence-electron chi connectivity index (χ3n) is 2.65. The number of benzene rings is 1. The fourth-order valence-electron chi connectivity index (χ4n) is 1.58. The Bertz CT molecular complexity index is 680. The third-order valence-corrected chi connectivity index (χ3v) is 2.65. The number of nitrogens with zero attached hydrogens (tertiary/aromatic N) is 2. The highest BCUT2D eigenvalue weighted by Crippen LogP contribution is 2.25. The van der Waals surface area contributed by atoms with Crippen molar-refractivity contribution in [1.29, 1.82) is 0 Å². The second-order valence-electron chi connectivity index (χ2n) is 4.16. The van der Waals surface area contributed by atoms with Crippen LogP contribution in [0.5, 0.6) is 11.5 Å². The molecular weight excluding hydrogens is 278 g/mol. The first-order valence-corrected chi connectivity index (χ1v) is 5.92. The number of esters is 1. The molecule has 0 spiro atoms. The molecule has 0 saturated heterocycles. The molecule has 2 rings (SSSR count). The Labute approximate surface area is 119 Å². The Morgan fingerprint density at radius 2 is 2.10 bits per heavy atom. The van der Waals surface area contributed by atoms with E-state index < -0.39 is 11.9 Å². The molecule has 1 amide bonds. The summed E-state index contributed by atoms with van der Waals surface area (Å²) in [6.45, 7) is -0.0631. The van der Waals surface area contributed by atoms with Gasteiger partial charge in [-0.2, -0.15) is 5.10 Å². The molecule has 0 aliphatic carbocycles. The highest BCUT2D eigenvalue weighted by atomic mass is 16.5. The van der Waals surface area contributed by atoms with Gasteiger partial charge in [0.1, 0.15) is 6.54 Å². The Kier molecular flexibility index (Phi) is 4.07.